The summed E-state index contributed by atoms with van der Waals surface area (Å²) in [5, 5.41) is 0. The third kappa shape index (κ3) is 2.17. The lowest BCUT2D eigenvalue weighted by Crippen LogP contribution is -2.07. The summed E-state index contributed by atoms with van der Waals surface area (Å²) in [4.78, 5) is 15.7. The summed E-state index contributed by atoms with van der Waals surface area (Å²) in [6.07, 6.45) is 2.73. The van der Waals surface area contributed by atoms with Crippen molar-refractivity contribution in [3.05, 3.63) is 29.6 Å². The molecule has 1 aliphatic rings. The molecule has 80 valence electrons. The SMILES string of the molecule is CCOC(=O)C1CC1c1ccc(C)cn1. The van der Waals surface area contributed by atoms with Gasteiger partial charge in [0.2, 0.25) is 0 Å². The number of pyridine rings is 1. The number of rotatable bonds is 3. The van der Waals surface area contributed by atoms with Crippen molar-refractivity contribution in [2.24, 2.45) is 5.92 Å². The molecule has 0 radical (unpaired) electrons. The van der Waals surface area contributed by atoms with Crippen molar-refractivity contribution >= 4 is 5.97 Å². The van der Waals surface area contributed by atoms with Crippen LogP contribution in [0.3, 0.4) is 0 Å². The van der Waals surface area contributed by atoms with E-state index in [1.807, 2.05) is 32.2 Å². The van der Waals surface area contributed by atoms with Crippen molar-refractivity contribution < 1.29 is 9.53 Å². The molecule has 3 nitrogen and oxygen atoms in total. The maximum Gasteiger partial charge on any atom is 0.309 e. The summed E-state index contributed by atoms with van der Waals surface area (Å²) in [5.74, 6) is 0.245. The van der Waals surface area contributed by atoms with Gasteiger partial charge in [0.15, 0.2) is 0 Å². The first kappa shape index (κ1) is 10.1. The quantitative estimate of drug-likeness (QED) is 0.709. The topological polar surface area (TPSA) is 39.2 Å². The first-order valence-electron chi connectivity index (χ1n) is 5.31. The monoisotopic (exact) mass is 205 g/mol. The number of nitrogens with zero attached hydrogens (tertiary/aromatic N) is 1. The molecule has 3 heteroatoms. The summed E-state index contributed by atoms with van der Waals surface area (Å²) < 4.78 is 4.97. The Morgan fingerprint density at radius 2 is 2.40 bits per heavy atom. The van der Waals surface area contributed by atoms with Crippen LogP contribution in [0.5, 0.6) is 0 Å². The van der Waals surface area contributed by atoms with Gasteiger partial charge in [-0.15, -0.1) is 0 Å². The average Bonchev–Trinajstić information content (AvgIpc) is 2.99. The van der Waals surface area contributed by atoms with Gasteiger partial charge >= 0.3 is 5.97 Å². The lowest BCUT2D eigenvalue weighted by Gasteiger charge is -2.01. The van der Waals surface area contributed by atoms with Gasteiger partial charge in [-0.2, -0.15) is 0 Å². The Labute approximate surface area is 89.5 Å². The number of esters is 1. The van der Waals surface area contributed by atoms with Crippen molar-refractivity contribution in [1.29, 1.82) is 0 Å². The van der Waals surface area contributed by atoms with Gasteiger partial charge in [-0.3, -0.25) is 9.78 Å². The van der Waals surface area contributed by atoms with E-state index >= 15 is 0 Å². The minimum atomic E-state index is -0.0788. The van der Waals surface area contributed by atoms with Crippen LogP contribution >= 0.6 is 0 Å². The molecular formula is C12H15NO2. The fourth-order valence-electron chi connectivity index (χ4n) is 1.73. The summed E-state index contributed by atoms with van der Waals surface area (Å²) in [5.41, 5.74) is 2.16. The number of carbonyl (C=O) groups is 1. The number of hydrogen-bond acceptors (Lipinski definition) is 3. The van der Waals surface area contributed by atoms with Gasteiger partial charge in [0.05, 0.1) is 12.5 Å². The molecule has 0 N–H and O–H groups in total. The third-order valence-corrected chi connectivity index (χ3v) is 2.69. The zero-order chi connectivity index (χ0) is 10.8. The van der Waals surface area contributed by atoms with Gasteiger partial charge in [0.1, 0.15) is 0 Å². The molecule has 1 fully saturated rings. The van der Waals surface area contributed by atoms with Crippen LogP contribution in [0.2, 0.25) is 0 Å². The van der Waals surface area contributed by atoms with Crippen molar-refractivity contribution in [3.8, 4) is 0 Å². The Kier molecular flexibility index (Phi) is 2.71. The zero-order valence-corrected chi connectivity index (χ0v) is 9.06. The Morgan fingerprint density at radius 1 is 1.60 bits per heavy atom. The predicted octanol–water partition coefficient (Wildman–Crippen LogP) is 2.06. The molecule has 2 atom stereocenters. The highest BCUT2D eigenvalue weighted by atomic mass is 16.5. The van der Waals surface area contributed by atoms with Crippen LogP contribution in [0.1, 0.15) is 30.5 Å². The standard InChI is InChI=1S/C12H15NO2/c1-3-15-12(14)10-6-9(10)11-5-4-8(2)7-13-11/h4-5,7,9-10H,3,6H2,1-2H3. The normalized spacial score (nSPS) is 23.6. The number of hydrogen-bond donors (Lipinski definition) is 0. The van der Waals surface area contributed by atoms with Crippen LogP contribution in [-0.2, 0) is 9.53 Å². The van der Waals surface area contributed by atoms with Crippen LogP contribution in [0, 0.1) is 12.8 Å². The Hall–Kier alpha value is -1.38. The number of aryl methyl sites for hydroxylation is 1. The fraction of sp³-hybridized carbons (Fsp3) is 0.500. The lowest BCUT2D eigenvalue weighted by atomic mass is 10.2. The van der Waals surface area contributed by atoms with E-state index in [0.29, 0.717) is 6.61 Å². The minimum Gasteiger partial charge on any atom is -0.466 e. The molecule has 0 saturated heterocycles. The molecule has 2 rings (SSSR count). The number of carbonyl (C=O) groups excluding carboxylic acids is 1. The average molecular weight is 205 g/mol. The van der Waals surface area contributed by atoms with Crippen LogP contribution in [0.25, 0.3) is 0 Å². The highest BCUT2D eigenvalue weighted by molar-refractivity contribution is 5.77. The van der Waals surface area contributed by atoms with Crippen LogP contribution in [0.4, 0.5) is 0 Å². The Bertz CT molecular complexity index is 358. The highest BCUT2D eigenvalue weighted by Gasteiger charge is 2.45. The van der Waals surface area contributed by atoms with E-state index in [1.54, 1.807) is 0 Å². The summed E-state index contributed by atoms with van der Waals surface area (Å²) in [6, 6.07) is 4.03. The van der Waals surface area contributed by atoms with E-state index in [1.165, 1.54) is 0 Å². The second-order valence-corrected chi connectivity index (χ2v) is 3.96. The van der Waals surface area contributed by atoms with Crippen molar-refractivity contribution in [1.82, 2.24) is 4.98 Å². The second kappa shape index (κ2) is 4.01. The van der Waals surface area contributed by atoms with Crippen LogP contribution in [0.15, 0.2) is 18.3 Å². The van der Waals surface area contributed by atoms with Crippen molar-refractivity contribution in [2.75, 3.05) is 6.61 Å². The molecule has 1 heterocycles. The smallest absolute Gasteiger partial charge is 0.309 e. The molecule has 0 aromatic carbocycles. The molecule has 0 bridgehead atoms. The summed E-state index contributed by atoms with van der Waals surface area (Å²) in [7, 11) is 0. The molecule has 1 aromatic heterocycles. The number of aromatic nitrogens is 1. The van der Waals surface area contributed by atoms with Crippen LogP contribution < -0.4 is 0 Å². The third-order valence-electron chi connectivity index (χ3n) is 2.69. The number of ether oxygens (including phenoxy) is 1. The first-order chi connectivity index (χ1) is 7.22. The lowest BCUT2D eigenvalue weighted by molar-refractivity contribution is -0.144. The van der Waals surface area contributed by atoms with E-state index in [0.717, 1.165) is 17.7 Å². The maximum atomic E-state index is 11.4. The van der Waals surface area contributed by atoms with Gasteiger partial charge in [-0.05, 0) is 31.9 Å². The van der Waals surface area contributed by atoms with Gasteiger partial charge in [-0.1, -0.05) is 6.07 Å². The second-order valence-electron chi connectivity index (χ2n) is 3.96. The molecule has 15 heavy (non-hydrogen) atoms. The van der Waals surface area contributed by atoms with Crippen LogP contribution in [-0.4, -0.2) is 17.6 Å². The molecule has 1 aliphatic carbocycles. The van der Waals surface area contributed by atoms with Crippen molar-refractivity contribution in [2.45, 2.75) is 26.2 Å². The Balaban J connectivity index is 1.98. The molecule has 2 unspecified atom stereocenters. The Morgan fingerprint density at radius 3 is 3.00 bits per heavy atom. The van der Waals surface area contributed by atoms with Gasteiger partial charge in [0.25, 0.3) is 0 Å². The van der Waals surface area contributed by atoms with Crippen molar-refractivity contribution in [3.63, 3.8) is 0 Å². The predicted molar refractivity (Wildman–Crippen MR) is 56.5 cm³/mol. The summed E-state index contributed by atoms with van der Waals surface area (Å²) in [6.45, 7) is 4.30. The first-order valence-corrected chi connectivity index (χ1v) is 5.31. The zero-order valence-electron chi connectivity index (χ0n) is 9.06. The molecule has 0 amide bonds. The van der Waals surface area contributed by atoms with Gasteiger partial charge in [-0.25, -0.2) is 0 Å². The van der Waals surface area contributed by atoms with E-state index in [-0.39, 0.29) is 17.8 Å². The molecule has 1 aromatic rings. The van der Waals surface area contributed by atoms with Gasteiger partial charge in [0, 0.05) is 17.8 Å². The van der Waals surface area contributed by atoms with Gasteiger partial charge < -0.3 is 4.74 Å². The molecule has 1 saturated carbocycles. The van der Waals surface area contributed by atoms with E-state index in [2.05, 4.69) is 4.98 Å². The summed E-state index contributed by atoms with van der Waals surface area (Å²) >= 11 is 0. The largest absolute Gasteiger partial charge is 0.466 e. The maximum absolute atomic E-state index is 11.4. The minimum absolute atomic E-state index is 0.0418. The fourth-order valence-corrected chi connectivity index (χ4v) is 1.73. The highest BCUT2D eigenvalue weighted by Crippen LogP contribution is 2.47. The molecular weight excluding hydrogens is 190 g/mol. The molecule has 0 spiro atoms. The van der Waals surface area contributed by atoms with E-state index < -0.39 is 0 Å². The molecule has 0 aliphatic heterocycles. The van der Waals surface area contributed by atoms with E-state index in [9.17, 15) is 4.79 Å². The van der Waals surface area contributed by atoms with E-state index in [4.69, 9.17) is 4.74 Å².